The number of hydrogen-bond donors (Lipinski definition) is 2. The van der Waals surface area contributed by atoms with Gasteiger partial charge in [-0.05, 0) is 30.7 Å². The lowest BCUT2D eigenvalue weighted by molar-refractivity contribution is -0.117. The highest BCUT2D eigenvalue weighted by atomic mass is 16.1. The molecule has 2 rings (SSSR count). The summed E-state index contributed by atoms with van der Waals surface area (Å²) in [6, 6.07) is 16.9. The maximum Gasteiger partial charge on any atom is 0.231 e. The molecule has 0 spiro atoms. The number of nitrogens with two attached hydrogens (primary N) is 1. The van der Waals surface area contributed by atoms with E-state index in [4.69, 9.17) is 5.73 Å². The van der Waals surface area contributed by atoms with Crippen LogP contribution in [0.2, 0.25) is 0 Å². The Kier molecular flexibility index (Phi) is 3.63. The average Bonchev–Trinajstić information content (AvgIpc) is 2.39. The highest BCUT2D eigenvalue weighted by molar-refractivity contribution is 5.95. The van der Waals surface area contributed by atoms with Gasteiger partial charge in [-0.25, -0.2) is 0 Å². The molecule has 0 saturated heterocycles. The fraction of sp³-hybridized carbons (Fsp3) is 0.133. The number of carbonyl (C=O) groups excluding carboxylic acids is 1. The number of hydrogen-bond acceptors (Lipinski definition) is 2. The summed E-state index contributed by atoms with van der Waals surface area (Å²) in [4.78, 5) is 12.1. The number of amides is 1. The Labute approximate surface area is 107 Å². The molecule has 2 aromatic carbocycles. The molecular weight excluding hydrogens is 224 g/mol. The molecule has 0 aliphatic heterocycles. The van der Waals surface area contributed by atoms with E-state index in [1.54, 1.807) is 12.1 Å². The summed E-state index contributed by atoms with van der Waals surface area (Å²) in [5, 5.41) is 2.86. The fourth-order valence-electron chi connectivity index (χ4n) is 1.76. The van der Waals surface area contributed by atoms with Crippen LogP contribution in [0.5, 0.6) is 0 Å². The zero-order valence-corrected chi connectivity index (χ0v) is 10.3. The first-order chi connectivity index (χ1) is 8.66. The van der Waals surface area contributed by atoms with Crippen LogP contribution in [0.25, 0.3) is 0 Å². The van der Waals surface area contributed by atoms with Crippen molar-refractivity contribution in [1.29, 1.82) is 0 Å². The topological polar surface area (TPSA) is 55.1 Å². The zero-order valence-electron chi connectivity index (χ0n) is 10.3. The van der Waals surface area contributed by atoms with E-state index in [0.717, 1.165) is 11.3 Å². The second-order valence-electron chi connectivity index (χ2n) is 4.25. The molecule has 0 heterocycles. The molecule has 0 radical (unpaired) electrons. The molecular formula is C15H16N2O. The summed E-state index contributed by atoms with van der Waals surface area (Å²) in [6.45, 7) is 1.89. The Morgan fingerprint density at radius 1 is 1.11 bits per heavy atom. The van der Waals surface area contributed by atoms with Crippen LogP contribution >= 0.6 is 0 Å². The van der Waals surface area contributed by atoms with Crippen molar-refractivity contribution in [3.8, 4) is 0 Å². The molecule has 0 saturated carbocycles. The van der Waals surface area contributed by atoms with Gasteiger partial charge >= 0.3 is 0 Å². The van der Waals surface area contributed by atoms with E-state index < -0.39 is 0 Å². The summed E-state index contributed by atoms with van der Waals surface area (Å²) in [5.41, 5.74) is 8.03. The first kappa shape index (κ1) is 12.2. The van der Waals surface area contributed by atoms with Crippen molar-refractivity contribution in [2.45, 2.75) is 12.8 Å². The minimum absolute atomic E-state index is 0.0354. The summed E-state index contributed by atoms with van der Waals surface area (Å²) in [5.74, 6) is -0.223. The maximum atomic E-state index is 12.1. The average molecular weight is 240 g/mol. The molecule has 92 valence electrons. The Balaban J connectivity index is 2.09. The van der Waals surface area contributed by atoms with Gasteiger partial charge in [0.25, 0.3) is 0 Å². The lowest BCUT2D eigenvalue weighted by Gasteiger charge is -2.12. The molecule has 0 aliphatic carbocycles. The molecule has 1 atom stereocenters. The quantitative estimate of drug-likeness (QED) is 0.810. The van der Waals surface area contributed by atoms with Gasteiger partial charge < -0.3 is 11.1 Å². The van der Waals surface area contributed by atoms with E-state index in [0.29, 0.717) is 5.69 Å². The minimum atomic E-state index is -0.187. The van der Waals surface area contributed by atoms with Crippen molar-refractivity contribution >= 4 is 17.3 Å². The third-order valence-corrected chi connectivity index (χ3v) is 2.85. The van der Waals surface area contributed by atoms with E-state index in [-0.39, 0.29) is 11.8 Å². The van der Waals surface area contributed by atoms with Gasteiger partial charge in [-0.15, -0.1) is 0 Å². The molecule has 0 unspecified atom stereocenters. The maximum absolute atomic E-state index is 12.1. The Morgan fingerprint density at radius 2 is 1.83 bits per heavy atom. The normalized spacial score (nSPS) is 11.8. The van der Waals surface area contributed by atoms with Crippen molar-refractivity contribution in [1.82, 2.24) is 0 Å². The smallest absolute Gasteiger partial charge is 0.231 e. The van der Waals surface area contributed by atoms with Gasteiger partial charge in [-0.3, -0.25) is 4.79 Å². The molecule has 3 N–H and O–H groups in total. The van der Waals surface area contributed by atoms with Crippen LogP contribution in [0.4, 0.5) is 11.4 Å². The Hall–Kier alpha value is -2.29. The number of nitrogen functional groups attached to an aromatic ring is 1. The van der Waals surface area contributed by atoms with Crippen molar-refractivity contribution in [3.05, 3.63) is 60.2 Å². The lowest BCUT2D eigenvalue weighted by atomic mass is 10.0. The fourth-order valence-corrected chi connectivity index (χ4v) is 1.76. The van der Waals surface area contributed by atoms with Gasteiger partial charge in [-0.2, -0.15) is 0 Å². The Morgan fingerprint density at radius 3 is 2.50 bits per heavy atom. The lowest BCUT2D eigenvalue weighted by Crippen LogP contribution is -2.18. The molecule has 0 fully saturated rings. The van der Waals surface area contributed by atoms with E-state index >= 15 is 0 Å². The van der Waals surface area contributed by atoms with E-state index in [1.807, 2.05) is 49.4 Å². The van der Waals surface area contributed by atoms with Crippen molar-refractivity contribution < 1.29 is 4.79 Å². The van der Waals surface area contributed by atoms with Crippen LogP contribution in [-0.4, -0.2) is 5.91 Å². The molecule has 3 heteroatoms. The third-order valence-electron chi connectivity index (χ3n) is 2.85. The molecule has 18 heavy (non-hydrogen) atoms. The van der Waals surface area contributed by atoms with Gasteiger partial charge in [0, 0.05) is 11.4 Å². The highest BCUT2D eigenvalue weighted by Crippen LogP contribution is 2.18. The zero-order chi connectivity index (χ0) is 13.0. The second-order valence-corrected chi connectivity index (χ2v) is 4.25. The summed E-state index contributed by atoms with van der Waals surface area (Å²) < 4.78 is 0. The van der Waals surface area contributed by atoms with Gasteiger partial charge in [0.15, 0.2) is 0 Å². The van der Waals surface area contributed by atoms with Crippen LogP contribution in [-0.2, 0) is 4.79 Å². The van der Waals surface area contributed by atoms with Gasteiger partial charge in [-0.1, -0.05) is 36.4 Å². The van der Waals surface area contributed by atoms with Crippen molar-refractivity contribution in [2.24, 2.45) is 0 Å². The van der Waals surface area contributed by atoms with E-state index in [9.17, 15) is 4.79 Å². The van der Waals surface area contributed by atoms with Crippen LogP contribution in [0, 0.1) is 0 Å². The second kappa shape index (κ2) is 5.36. The standard InChI is InChI=1S/C15H16N2O/c1-11(12-6-3-2-4-7-12)15(18)17-14-9-5-8-13(16)10-14/h2-11H,16H2,1H3,(H,17,18)/t11-/m1/s1. The third kappa shape index (κ3) is 2.88. The summed E-state index contributed by atoms with van der Waals surface area (Å²) in [7, 11) is 0. The van der Waals surface area contributed by atoms with Crippen LogP contribution in [0.3, 0.4) is 0 Å². The first-order valence-electron chi connectivity index (χ1n) is 5.88. The predicted molar refractivity (Wildman–Crippen MR) is 74.3 cm³/mol. The number of anilines is 2. The highest BCUT2D eigenvalue weighted by Gasteiger charge is 2.14. The molecule has 0 aliphatic rings. The first-order valence-corrected chi connectivity index (χ1v) is 5.88. The number of rotatable bonds is 3. The summed E-state index contributed by atoms with van der Waals surface area (Å²) in [6.07, 6.45) is 0. The largest absolute Gasteiger partial charge is 0.399 e. The number of nitrogens with one attached hydrogen (secondary N) is 1. The SMILES string of the molecule is C[C@@H](C(=O)Nc1cccc(N)c1)c1ccccc1. The van der Waals surface area contributed by atoms with E-state index in [1.165, 1.54) is 0 Å². The molecule has 2 aromatic rings. The molecule has 0 bridgehead atoms. The predicted octanol–water partition coefficient (Wildman–Crippen LogP) is 3.01. The van der Waals surface area contributed by atoms with Crippen molar-refractivity contribution in [3.63, 3.8) is 0 Å². The van der Waals surface area contributed by atoms with Gasteiger partial charge in [0.05, 0.1) is 5.92 Å². The number of carbonyl (C=O) groups is 1. The monoisotopic (exact) mass is 240 g/mol. The number of benzene rings is 2. The minimum Gasteiger partial charge on any atom is -0.399 e. The van der Waals surface area contributed by atoms with Gasteiger partial charge in [0.2, 0.25) is 5.91 Å². The molecule has 3 nitrogen and oxygen atoms in total. The van der Waals surface area contributed by atoms with Gasteiger partial charge in [0.1, 0.15) is 0 Å². The molecule has 1 amide bonds. The van der Waals surface area contributed by atoms with Crippen LogP contribution in [0.1, 0.15) is 18.4 Å². The molecule has 0 aromatic heterocycles. The van der Waals surface area contributed by atoms with Crippen molar-refractivity contribution in [2.75, 3.05) is 11.1 Å². The van der Waals surface area contributed by atoms with Crippen LogP contribution < -0.4 is 11.1 Å². The Bertz CT molecular complexity index is 537. The van der Waals surface area contributed by atoms with Crippen LogP contribution in [0.15, 0.2) is 54.6 Å². The van der Waals surface area contributed by atoms with E-state index in [2.05, 4.69) is 5.32 Å². The summed E-state index contributed by atoms with van der Waals surface area (Å²) >= 11 is 0.